The van der Waals surface area contributed by atoms with E-state index in [1.165, 1.54) is 49.0 Å². The summed E-state index contributed by atoms with van der Waals surface area (Å²) in [6.07, 6.45) is 0. The Hall–Kier alpha value is -5.84. The third-order valence-corrected chi connectivity index (χ3v) is 9.94. The Balaban J connectivity index is 1.20. The summed E-state index contributed by atoms with van der Waals surface area (Å²) in [6.45, 7) is 0. The van der Waals surface area contributed by atoms with Crippen molar-refractivity contribution in [2.24, 2.45) is 0 Å². The van der Waals surface area contributed by atoms with E-state index < -0.39 is 0 Å². The van der Waals surface area contributed by atoms with Gasteiger partial charge < -0.3 is 0 Å². The van der Waals surface area contributed by atoms with Crippen LogP contribution < -0.4 is 0 Å². The smallest absolute Gasteiger partial charge is 0.165 e. The molecular formula is C43H27N3S. The van der Waals surface area contributed by atoms with Crippen LogP contribution in [0.25, 0.3) is 78.3 Å². The van der Waals surface area contributed by atoms with E-state index >= 15 is 0 Å². The minimum atomic E-state index is 0.665. The molecule has 1 aromatic heterocycles. The number of benzene rings is 7. The van der Waals surface area contributed by atoms with Crippen molar-refractivity contribution in [1.82, 2.24) is 15.0 Å². The van der Waals surface area contributed by atoms with E-state index in [2.05, 4.69) is 103 Å². The lowest BCUT2D eigenvalue weighted by atomic mass is 9.91. The minimum absolute atomic E-state index is 0.665. The number of hydrogen-bond acceptors (Lipinski definition) is 4. The Labute approximate surface area is 277 Å². The van der Waals surface area contributed by atoms with Gasteiger partial charge in [-0.2, -0.15) is 0 Å². The standard InChI is InChI=1S/C43H27N3S/c1-4-13-28(14-5-1)31-19-10-20-32(27-31)33-25-26-38-39-34(33)21-11-22-35(39)36-23-12-24-37(40(36)47-38)43-45-41(29-15-6-2-7-16-29)44-42(46-43)30-17-8-3-9-18-30/h1-27H. The maximum Gasteiger partial charge on any atom is 0.165 e. The zero-order valence-corrected chi connectivity index (χ0v) is 26.2. The highest BCUT2D eigenvalue weighted by Crippen LogP contribution is 2.52. The van der Waals surface area contributed by atoms with Gasteiger partial charge in [0.1, 0.15) is 0 Å². The summed E-state index contributed by atoms with van der Waals surface area (Å²) in [7, 11) is 0. The van der Waals surface area contributed by atoms with Crippen molar-refractivity contribution in [2.75, 3.05) is 0 Å². The van der Waals surface area contributed by atoms with Gasteiger partial charge in [0.05, 0.1) is 0 Å². The Morgan fingerprint density at radius 2 is 0.872 bits per heavy atom. The molecule has 0 amide bonds. The summed E-state index contributed by atoms with van der Waals surface area (Å²) in [5.74, 6) is 2.00. The van der Waals surface area contributed by atoms with E-state index in [0.717, 1.165) is 21.6 Å². The first-order chi connectivity index (χ1) is 23.3. The van der Waals surface area contributed by atoms with Gasteiger partial charge in [-0.05, 0) is 57.0 Å². The van der Waals surface area contributed by atoms with Gasteiger partial charge in [0.15, 0.2) is 17.5 Å². The molecule has 2 heterocycles. The molecule has 0 atom stereocenters. The molecule has 0 aliphatic carbocycles. The van der Waals surface area contributed by atoms with Crippen molar-refractivity contribution in [3.8, 4) is 67.5 Å². The van der Waals surface area contributed by atoms with Crippen LogP contribution in [-0.4, -0.2) is 15.0 Å². The second-order valence-corrected chi connectivity index (χ2v) is 12.7. The van der Waals surface area contributed by atoms with Crippen molar-refractivity contribution in [3.63, 3.8) is 0 Å². The van der Waals surface area contributed by atoms with Gasteiger partial charge in [-0.15, -0.1) is 0 Å². The van der Waals surface area contributed by atoms with Crippen LogP contribution >= 0.6 is 11.8 Å². The third-order valence-electron chi connectivity index (χ3n) is 8.74. The first kappa shape index (κ1) is 27.5. The Bertz CT molecular complexity index is 2370. The highest BCUT2D eigenvalue weighted by atomic mass is 32.2. The minimum Gasteiger partial charge on any atom is -0.208 e. The molecule has 0 unspecified atom stereocenters. The summed E-state index contributed by atoms with van der Waals surface area (Å²) in [5, 5.41) is 2.54. The Kier molecular flexibility index (Phi) is 6.72. The molecule has 0 bridgehead atoms. The van der Waals surface area contributed by atoms with Gasteiger partial charge in [0.25, 0.3) is 0 Å². The molecule has 0 saturated carbocycles. The SMILES string of the molecule is c1ccc(-c2cccc(-c3ccc4c5c(cccc35)-c3cccc(-c5nc(-c6ccccc6)nc(-c6ccccc6)n5)c3S4)c2)cc1. The molecule has 0 saturated heterocycles. The Morgan fingerprint density at radius 3 is 1.57 bits per heavy atom. The summed E-state index contributed by atoms with van der Waals surface area (Å²) in [6, 6.07) is 57.5. The molecular weight excluding hydrogens is 591 g/mol. The lowest BCUT2D eigenvalue weighted by molar-refractivity contribution is 1.07. The van der Waals surface area contributed by atoms with Crippen LogP contribution in [0.5, 0.6) is 0 Å². The maximum atomic E-state index is 5.06. The topological polar surface area (TPSA) is 38.7 Å². The number of aromatic nitrogens is 3. The highest BCUT2D eigenvalue weighted by Gasteiger charge is 2.25. The highest BCUT2D eigenvalue weighted by molar-refractivity contribution is 8.00. The van der Waals surface area contributed by atoms with Crippen molar-refractivity contribution in [3.05, 3.63) is 164 Å². The molecule has 220 valence electrons. The van der Waals surface area contributed by atoms with E-state index in [9.17, 15) is 0 Å². The van der Waals surface area contributed by atoms with E-state index in [1.54, 1.807) is 11.8 Å². The van der Waals surface area contributed by atoms with Gasteiger partial charge in [-0.25, -0.2) is 15.0 Å². The molecule has 1 aliphatic heterocycles. The van der Waals surface area contributed by atoms with Crippen LogP contribution in [0.1, 0.15) is 0 Å². The first-order valence-electron chi connectivity index (χ1n) is 15.7. The van der Waals surface area contributed by atoms with Gasteiger partial charge in [-0.3, -0.25) is 0 Å². The third kappa shape index (κ3) is 4.91. The fraction of sp³-hybridized carbons (Fsp3) is 0. The largest absolute Gasteiger partial charge is 0.208 e. The van der Waals surface area contributed by atoms with E-state index in [-0.39, 0.29) is 0 Å². The summed E-state index contributed by atoms with van der Waals surface area (Å²) < 4.78 is 0. The quantitative estimate of drug-likeness (QED) is 0.193. The van der Waals surface area contributed by atoms with Gasteiger partial charge in [0, 0.05) is 31.9 Å². The van der Waals surface area contributed by atoms with Gasteiger partial charge in [-0.1, -0.05) is 157 Å². The van der Waals surface area contributed by atoms with Gasteiger partial charge in [0.2, 0.25) is 0 Å². The molecule has 9 rings (SSSR count). The second-order valence-electron chi connectivity index (χ2n) is 11.6. The molecule has 3 nitrogen and oxygen atoms in total. The molecule has 7 aromatic carbocycles. The molecule has 1 aliphatic rings. The Morgan fingerprint density at radius 1 is 0.340 bits per heavy atom. The van der Waals surface area contributed by atoms with E-state index in [0.29, 0.717) is 17.5 Å². The van der Waals surface area contributed by atoms with Crippen LogP contribution in [0.2, 0.25) is 0 Å². The number of nitrogens with zero attached hydrogens (tertiary/aromatic N) is 3. The molecule has 0 spiro atoms. The van der Waals surface area contributed by atoms with Crippen LogP contribution in [0.3, 0.4) is 0 Å². The zero-order chi connectivity index (χ0) is 31.2. The van der Waals surface area contributed by atoms with Crippen molar-refractivity contribution >= 4 is 22.5 Å². The predicted octanol–water partition coefficient (Wildman–Crippen LogP) is 11.5. The molecule has 47 heavy (non-hydrogen) atoms. The second kappa shape index (κ2) is 11.5. The fourth-order valence-electron chi connectivity index (χ4n) is 6.51. The summed E-state index contributed by atoms with van der Waals surface area (Å²) >= 11 is 1.80. The molecule has 0 fully saturated rings. The van der Waals surface area contributed by atoms with Crippen LogP contribution in [0.15, 0.2) is 174 Å². The van der Waals surface area contributed by atoms with Gasteiger partial charge >= 0.3 is 0 Å². The zero-order valence-electron chi connectivity index (χ0n) is 25.3. The number of rotatable bonds is 5. The van der Waals surface area contributed by atoms with Crippen LogP contribution in [-0.2, 0) is 0 Å². The lowest BCUT2D eigenvalue weighted by Crippen LogP contribution is -2.02. The average Bonchev–Trinajstić information content (AvgIpc) is 3.16. The first-order valence-corrected chi connectivity index (χ1v) is 16.5. The molecule has 0 radical (unpaired) electrons. The van der Waals surface area contributed by atoms with Crippen LogP contribution in [0.4, 0.5) is 0 Å². The molecule has 0 N–H and O–H groups in total. The lowest BCUT2D eigenvalue weighted by Gasteiger charge is -2.23. The van der Waals surface area contributed by atoms with Crippen molar-refractivity contribution in [2.45, 2.75) is 9.79 Å². The van der Waals surface area contributed by atoms with Crippen LogP contribution in [0, 0.1) is 0 Å². The number of fused-ring (bicyclic) bond motifs is 2. The molecule has 4 heteroatoms. The monoisotopic (exact) mass is 617 g/mol. The average molecular weight is 618 g/mol. The van der Waals surface area contributed by atoms with Crippen molar-refractivity contribution in [1.29, 1.82) is 0 Å². The maximum absolute atomic E-state index is 5.06. The normalized spacial score (nSPS) is 11.7. The summed E-state index contributed by atoms with van der Waals surface area (Å²) in [5.41, 5.74) is 10.3. The molecule has 8 aromatic rings. The van der Waals surface area contributed by atoms with Crippen molar-refractivity contribution < 1.29 is 0 Å². The predicted molar refractivity (Wildman–Crippen MR) is 194 cm³/mol. The van der Waals surface area contributed by atoms with E-state index in [4.69, 9.17) is 15.0 Å². The fourth-order valence-corrected chi connectivity index (χ4v) is 7.74. The number of hydrogen-bond donors (Lipinski definition) is 0. The summed E-state index contributed by atoms with van der Waals surface area (Å²) in [4.78, 5) is 17.4. The van der Waals surface area contributed by atoms with E-state index in [1.807, 2.05) is 60.7 Å².